The first kappa shape index (κ1) is 15.6. The van der Waals surface area contributed by atoms with Crippen molar-refractivity contribution in [2.75, 3.05) is 20.2 Å². The van der Waals surface area contributed by atoms with Crippen LogP contribution in [0.5, 0.6) is 0 Å². The predicted molar refractivity (Wildman–Crippen MR) is 85.0 cm³/mol. The second-order valence-electron chi connectivity index (χ2n) is 5.86. The maximum Gasteiger partial charge on any atom is 0.325 e. The molecule has 0 saturated carbocycles. The fourth-order valence-corrected chi connectivity index (χ4v) is 3.37. The molecule has 23 heavy (non-hydrogen) atoms. The van der Waals surface area contributed by atoms with Crippen molar-refractivity contribution in [1.82, 2.24) is 9.88 Å². The van der Waals surface area contributed by atoms with Gasteiger partial charge >= 0.3 is 11.9 Å². The number of methoxy groups -OCH3 is 1. The minimum atomic E-state index is -0.869. The number of nitrogens with zero attached hydrogens (tertiary/aromatic N) is 1. The van der Waals surface area contributed by atoms with Crippen molar-refractivity contribution in [3.05, 3.63) is 36.0 Å². The molecule has 0 bridgehead atoms. The Balaban J connectivity index is 1.83. The van der Waals surface area contributed by atoms with E-state index in [-0.39, 0.29) is 11.9 Å². The quantitative estimate of drug-likeness (QED) is 0.845. The number of esters is 1. The summed E-state index contributed by atoms with van der Waals surface area (Å²) in [5, 5.41) is 10.7. The number of carboxylic acids is 1. The number of hydrogen-bond acceptors (Lipinski definition) is 4. The molecule has 6 heteroatoms. The van der Waals surface area contributed by atoms with Gasteiger partial charge in [-0.1, -0.05) is 18.2 Å². The Morgan fingerprint density at radius 3 is 2.65 bits per heavy atom. The topological polar surface area (TPSA) is 82.6 Å². The Hall–Kier alpha value is -2.34. The lowest BCUT2D eigenvalue weighted by Crippen LogP contribution is -2.41. The Labute approximate surface area is 134 Å². The predicted octanol–water partition coefficient (Wildman–Crippen LogP) is 2.18. The highest BCUT2D eigenvalue weighted by atomic mass is 16.5. The van der Waals surface area contributed by atoms with Crippen LogP contribution in [0.3, 0.4) is 0 Å². The molecule has 0 spiro atoms. The van der Waals surface area contributed by atoms with Crippen molar-refractivity contribution in [2.24, 2.45) is 5.92 Å². The van der Waals surface area contributed by atoms with E-state index in [1.807, 2.05) is 29.2 Å². The Morgan fingerprint density at radius 2 is 2.00 bits per heavy atom. The van der Waals surface area contributed by atoms with E-state index in [1.165, 1.54) is 7.11 Å². The van der Waals surface area contributed by atoms with E-state index in [1.54, 1.807) is 6.20 Å². The number of aromatic amines is 1. The zero-order chi connectivity index (χ0) is 16.4. The van der Waals surface area contributed by atoms with E-state index < -0.39 is 12.0 Å². The van der Waals surface area contributed by atoms with Gasteiger partial charge in [0.2, 0.25) is 0 Å². The van der Waals surface area contributed by atoms with Gasteiger partial charge in [0, 0.05) is 35.8 Å². The molecule has 122 valence electrons. The van der Waals surface area contributed by atoms with E-state index in [0.717, 1.165) is 16.5 Å². The number of carbonyl (C=O) groups excluding carboxylic acids is 1. The molecule has 1 saturated heterocycles. The number of aromatic nitrogens is 1. The van der Waals surface area contributed by atoms with Crippen LogP contribution in [0.25, 0.3) is 10.9 Å². The molecule has 0 radical (unpaired) electrons. The number of ether oxygens (including phenoxy) is 1. The lowest BCUT2D eigenvalue weighted by atomic mass is 9.94. The summed E-state index contributed by atoms with van der Waals surface area (Å²) >= 11 is 0. The van der Waals surface area contributed by atoms with Crippen LogP contribution in [-0.2, 0) is 14.3 Å². The van der Waals surface area contributed by atoms with Crippen molar-refractivity contribution >= 4 is 22.8 Å². The van der Waals surface area contributed by atoms with Gasteiger partial charge in [0.15, 0.2) is 0 Å². The maximum absolute atomic E-state index is 11.9. The highest BCUT2D eigenvalue weighted by molar-refractivity contribution is 5.89. The molecule has 1 aromatic heterocycles. The zero-order valence-electron chi connectivity index (χ0n) is 13.0. The van der Waals surface area contributed by atoms with E-state index in [2.05, 4.69) is 4.98 Å². The minimum Gasteiger partial charge on any atom is -0.480 e. The molecule has 1 aliphatic heterocycles. The lowest BCUT2D eigenvalue weighted by Gasteiger charge is -2.34. The van der Waals surface area contributed by atoms with Crippen LogP contribution in [0.1, 0.15) is 24.4 Å². The Bertz CT molecular complexity index is 716. The van der Waals surface area contributed by atoms with Crippen molar-refractivity contribution in [2.45, 2.75) is 18.9 Å². The normalized spacial score (nSPS) is 18.0. The first-order valence-corrected chi connectivity index (χ1v) is 7.72. The summed E-state index contributed by atoms with van der Waals surface area (Å²) in [5.74, 6) is -1.21. The summed E-state index contributed by atoms with van der Waals surface area (Å²) in [6.07, 6.45) is 3.02. The number of piperidine rings is 1. The summed E-state index contributed by atoms with van der Waals surface area (Å²) in [5.41, 5.74) is 1.70. The number of nitrogens with one attached hydrogen (secondary N) is 1. The van der Waals surface area contributed by atoms with Gasteiger partial charge in [-0.2, -0.15) is 0 Å². The van der Waals surface area contributed by atoms with Gasteiger partial charge in [0.05, 0.1) is 13.0 Å². The molecule has 0 aliphatic carbocycles. The highest BCUT2D eigenvalue weighted by Gasteiger charge is 2.34. The third kappa shape index (κ3) is 2.94. The number of hydrogen-bond donors (Lipinski definition) is 2. The van der Waals surface area contributed by atoms with Crippen LogP contribution in [0.15, 0.2) is 30.5 Å². The van der Waals surface area contributed by atoms with E-state index in [0.29, 0.717) is 25.9 Å². The van der Waals surface area contributed by atoms with Gasteiger partial charge in [0.25, 0.3) is 0 Å². The standard InChI is InChI=1S/C17H20N2O4/c1-23-17(22)11-6-8-19(9-7-11)15(16(20)21)13-10-18-14-5-3-2-4-12(13)14/h2-5,10-11,15,18H,6-9H2,1H3,(H,20,21)/t15-/m1/s1. The van der Waals surface area contributed by atoms with Crippen LogP contribution < -0.4 is 0 Å². The lowest BCUT2D eigenvalue weighted by molar-refractivity contribution is -0.148. The highest BCUT2D eigenvalue weighted by Crippen LogP contribution is 2.32. The van der Waals surface area contributed by atoms with Crippen LogP contribution in [0.2, 0.25) is 0 Å². The number of carboxylic acid groups (broad SMARTS) is 1. The van der Waals surface area contributed by atoms with Crippen LogP contribution in [0, 0.1) is 5.92 Å². The molecule has 1 atom stereocenters. The molecule has 1 aliphatic rings. The van der Waals surface area contributed by atoms with Crippen molar-refractivity contribution in [3.63, 3.8) is 0 Å². The first-order valence-electron chi connectivity index (χ1n) is 7.72. The third-order valence-electron chi connectivity index (χ3n) is 4.58. The molecule has 2 N–H and O–H groups in total. The number of aliphatic carboxylic acids is 1. The summed E-state index contributed by atoms with van der Waals surface area (Å²) in [4.78, 5) is 28.5. The van der Waals surface area contributed by atoms with Gasteiger partial charge in [-0.25, -0.2) is 0 Å². The molecular weight excluding hydrogens is 296 g/mol. The molecule has 1 aromatic carbocycles. The number of carbonyl (C=O) groups is 2. The van der Waals surface area contributed by atoms with Crippen LogP contribution >= 0.6 is 0 Å². The maximum atomic E-state index is 11.9. The molecule has 0 unspecified atom stereocenters. The van der Waals surface area contributed by atoms with Gasteiger partial charge < -0.3 is 14.8 Å². The summed E-state index contributed by atoms with van der Waals surface area (Å²) in [7, 11) is 1.39. The molecule has 1 fully saturated rings. The molecule has 0 amide bonds. The largest absolute Gasteiger partial charge is 0.480 e. The molecule has 2 aromatic rings. The SMILES string of the molecule is COC(=O)C1CCN([C@@H](C(=O)O)c2c[nH]c3ccccc23)CC1. The second kappa shape index (κ2) is 6.42. The molecular formula is C17H20N2O4. The average Bonchev–Trinajstić information content (AvgIpc) is 2.99. The fourth-order valence-electron chi connectivity index (χ4n) is 3.37. The Kier molecular flexibility index (Phi) is 4.34. The summed E-state index contributed by atoms with van der Waals surface area (Å²) in [6.45, 7) is 1.13. The molecule has 3 rings (SSSR count). The number of rotatable bonds is 4. The summed E-state index contributed by atoms with van der Waals surface area (Å²) in [6, 6.07) is 6.98. The number of para-hydroxylation sites is 1. The summed E-state index contributed by atoms with van der Waals surface area (Å²) < 4.78 is 4.78. The van der Waals surface area contributed by atoms with E-state index in [4.69, 9.17) is 4.74 Å². The molecule has 6 nitrogen and oxygen atoms in total. The van der Waals surface area contributed by atoms with E-state index in [9.17, 15) is 14.7 Å². The van der Waals surface area contributed by atoms with Gasteiger partial charge in [-0.15, -0.1) is 0 Å². The number of fused-ring (bicyclic) bond motifs is 1. The van der Waals surface area contributed by atoms with E-state index >= 15 is 0 Å². The van der Waals surface area contributed by atoms with Crippen molar-refractivity contribution in [1.29, 1.82) is 0 Å². The second-order valence-corrected chi connectivity index (χ2v) is 5.86. The van der Waals surface area contributed by atoms with Crippen LogP contribution in [-0.4, -0.2) is 47.1 Å². The van der Waals surface area contributed by atoms with Crippen molar-refractivity contribution < 1.29 is 19.4 Å². The molecule has 2 heterocycles. The van der Waals surface area contributed by atoms with Gasteiger partial charge in [-0.3, -0.25) is 14.5 Å². The minimum absolute atomic E-state index is 0.131. The van der Waals surface area contributed by atoms with Crippen molar-refractivity contribution in [3.8, 4) is 0 Å². The Morgan fingerprint density at radius 1 is 1.30 bits per heavy atom. The number of likely N-dealkylation sites (tertiary alicyclic amines) is 1. The zero-order valence-corrected chi connectivity index (χ0v) is 13.0. The average molecular weight is 316 g/mol. The smallest absolute Gasteiger partial charge is 0.325 e. The third-order valence-corrected chi connectivity index (χ3v) is 4.58. The number of H-pyrrole nitrogens is 1. The first-order chi connectivity index (χ1) is 11.1. The van der Waals surface area contributed by atoms with Crippen LogP contribution in [0.4, 0.5) is 0 Å². The fraction of sp³-hybridized carbons (Fsp3) is 0.412. The van der Waals surface area contributed by atoms with Gasteiger partial charge in [0.1, 0.15) is 6.04 Å². The number of benzene rings is 1. The monoisotopic (exact) mass is 316 g/mol. The van der Waals surface area contributed by atoms with Gasteiger partial charge in [-0.05, 0) is 18.9 Å².